The van der Waals surface area contributed by atoms with Crippen LogP contribution in [0.1, 0.15) is 22.3 Å². The molecule has 0 radical (unpaired) electrons. The molecule has 0 saturated carbocycles. The molecule has 0 fully saturated rings. The molecule has 0 unspecified atom stereocenters. The first-order chi connectivity index (χ1) is 33.7. The van der Waals surface area contributed by atoms with Gasteiger partial charge in [0, 0.05) is 36.9 Å². The summed E-state index contributed by atoms with van der Waals surface area (Å²) < 4.78 is 2.59. The molecule has 0 atom stereocenters. The van der Waals surface area contributed by atoms with Gasteiger partial charge in [0.2, 0.25) is 0 Å². The van der Waals surface area contributed by atoms with E-state index >= 15 is 0 Å². The van der Waals surface area contributed by atoms with Crippen molar-refractivity contribution in [3.63, 3.8) is 0 Å². The molecule has 14 rings (SSSR count). The maximum Gasteiger partial charge on any atom is 0.160 e. The smallest absolute Gasteiger partial charge is 0.160 e. The Bertz CT molecular complexity index is 3900. The Hall–Kier alpha value is -8.50. The minimum atomic E-state index is -0.531. The summed E-state index contributed by atoms with van der Waals surface area (Å²) in [5.74, 6) is 0.692. The van der Waals surface area contributed by atoms with Crippen LogP contribution < -0.4 is 0 Å². The average Bonchev–Trinajstić information content (AvgIpc) is 4.05. The number of benzene rings is 10. The molecule has 0 amide bonds. The fraction of sp³-hybridized carbons (Fsp3) is 0.0154. The van der Waals surface area contributed by atoms with Crippen LogP contribution in [0.5, 0.6) is 0 Å². The van der Waals surface area contributed by atoms with Gasteiger partial charge in [0.1, 0.15) is 0 Å². The van der Waals surface area contributed by atoms with Gasteiger partial charge in [0.05, 0.1) is 16.8 Å². The number of nitrogens with zero attached hydrogens (tertiary/aromatic N) is 2. The monoisotopic (exact) mass is 880 g/mol. The molecule has 0 bridgehead atoms. The Labute approximate surface area is 399 Å². The molecule has 2 aliphatic carbocycles. The fourth-order valence-electron chi connectivity index (χ4n) is 11.3. The van der Waals surface area contributed by atoms with Crippen molar-refractivity contribution in [2.24, 2.45) is 0 Å². The van der Waals surface area contributed by atoms with Crippen LogP contribution in [0.25, 0.3) is 110 Å². The van der Waals surface area contributed by atoms with E-state index in [0.29, 0.717) is 5.82 Å². The lowest BCUT2D eigenvalue weighted by Crippen LogP contribution is -2.26. The highest BCUT2D eigenvalue weighted by molar-refractivity contribution is 7.25. The number of aromatic nitrogens is 2. The Kier molecular flexibility index (Phi) is 8.71. The Balaban J connectivity index is 1.01. The van der Waals surface area contributed by atoms with Gasteiger partial charge >= 0.3 is 0 Å². The molecule has 68 heavy (non-hydrogen) atoms. The highest BCUT2D eigenvalue weighted by atomic mass is 32.1. The summed E-state index contributed by atoms with van der Waals surface area (Å²) in [6, 6.07) is 88.8. The predicted octanol–water partition coefficient (Wildman–Crippen LogP) is 17.2. The second-order valence-corrected chi connectivity index (χ2v) is 19.1. The summed E-state index contributed by atoms with van der Waals surface area (Å²) >= 11 is 1.85. The standard InChI is InChI=1S/C65H40N2S/c1-3-16-41(17-4-1)42-30-32-43(33-31-42)46-36-47(45-34-35-62-55(39-45)52-23-10-14-29-61(52)68-62)38-48(37-46)59-40-60(67-64(66-59)44-18-5-2-6-19-44)54-25-15-24-53-51-22-9-13-28-58(51)65(63(53)54)56-26-11-7-20-49(56)50-21-8-12-27-57(50)65/h1-40H. The Morgan fingerprint density at radius 1 is 0.279 bits per heavy atom. The summed E-state index contributed by atoms with van der Waals surface area (Å²) in [5.41, 5.74) is 21.6. The zero-order valence-electron chi connectivity index (χ0n) is 36.9. The van der Waals surface area contributed by atoms with Crippen LogP contribution in [-0.4, -0.2) is 9.97 Å². The summed E-state index contributed by atoms with van der Waals surface area (Å²) in [6.45, 7) is 0. The van der Waals surface area contributed by atoms with Crippen molar-refractivity contribution in [2.75, 3.05) is 0 Å². The van der Waals surface area contributed by atoms with Crippen LogP contribution in [0.15, 0.2) is 243 Å². The fourth-order valence-corrected chi connectivity index (χ4v) is 12.4. The lowest BCUT2D eigenvalue weighted by Gasteiger charge is -2.32. The van der Waals surface area contributed by atoms with Gasteiger partial charge in [-0.3, -0.25) is 0 Å². The Morgan fingerprint density at radius 3 is 1.44 bits per heavy atom. The number of thiophene rings is 1. The second kappa shape index (κ2) is 15.3. The third-order valence-electron chi connectivity index (χ3n) is 14.3. The molecule has 0 N–H and O–H groups in total. The molecule has 10 aromatic carbocycles. The molecule has 2 nitrogen and oxygen atoms in total. The lowest BCUT2D eigenvalue weighted by atomic mass is 9.69. The van der Waals surface area contributed by atoms with E-state index in [4.69, 9.17) is 9.97 Å². The molecule has 2 heterocycles. The van der Waals surface area contributed by atoms with Gasteiger partial charge in [0.15, 0.2) is 5.82 Å². The third kappa shape index (κ3) is 5.89. The largest absolute Gasteiger partial charge is 0.228 e. The van der Waals surface area contributed by atoms with Crippen LogP contribution in [0.4, 0.5) is 0 Å². The molecule has 0 saturated heterocycles. The normalized spacial score (nSPS) is 12.8. The maximum atomic E-state index is 5.55. The van der Waals surface area contributed by atoms with Gasteiger partial charge in [-0.15, -0.1) is 11.3 Å². The van der Waals surface area contributed by atoms with Gasteiger partial charge in [0.25, 0.3) is 0 Å². The number of fused-ring (bicyclic) bond motifs is 13. The number of hydrogen-bond donors (Lipinski definition) is 0. The van der Waals surface area contributed by atoms with Crippen molar-refractivity contribution in [2.45, 2.75) is 5.41 Å². The first-order valence-corrected chi connectivity index (χ1v) is 24.1. The van der Waals surface area contributed by atoms with E-state index in [2.05, 4.69) is 243 Å². The zero-order valence-corrected chi connectivity index (χ0v) is 37.7. The molecule has 2 aliphatic rings. The molecular formula is C65H40N2S. The second-order valence-electron chi connectivity index (χ2n) is 18.0. The minimum absolute atomic E-state index is 0.531. The van der Waals surface area contributed by atoms with Crippen molar-refractivity contribution in [3.8, 4) is 89.5 Å². The lowest BCUT2D eigenvalue weighted by molar-refractivity contribution is 0.795. The number of rotatable bonds is 6. The van der Waals surface area contributed by atoms with Crippen molar-refractivity contribution in [3.05, 3.63) is 265 Å². The minimum Gasteiger partial charge on any atom is -0.228 e. The first-order valence-electron chi connectivity index (χ1n) is 23.3. The first kappa shape index (κ1) is 38.7. The van der Waals surface area contributed by atoms with E-state index < -0.39 is 5.41 Å². The van der Waals surface area contributed by atoms with Gasteiger partial charge in [-0.25, -0.2) is 9.97 Å². The van der Waals surface area contributed by atoms with E-state index in [0.717, 1.165) is 44.8 Å². The SMILES string of the molecule is c1ccc(-c2ccc(-c3cc(-c4ccc5sc6ccccc6c5c4)cc(-c4cc(-c5cccc6c5C5(c7ccccc7-c7ccccc75)c5ccccc5-6)nc(-c5ccccc5)n4)c3)cc2)cc1. The maximum absolute atomic E-state index is 5.55. The predicted molar refractivity (Wildman–Crippen MR) is 284 cm³/mol. The average molecular weight is 881 g/mol. The Morgan fingerprint density at radius 2 is 0.750 bits per heavy atom. The highest BCUT2D eigenvalue weighted by Crippen LogP contribution is 2.64. The van der Waals surface area contributed by atoms with Gasteiger partial charge in [-0.2, -0.15) is 0 Å². The zero-order chi connectivity index (χ0) is 44.8. The summed E-state index contributed by atoms with van der Waals surface area (Å²) in [4.78, 5) is 11.0. The van der Waals surface area contributed by atoms with Crippen molar-refractivity contribution >= 4 is 31.5 Å². The van der Waals surface area contributed by atoms with E-state index in [1.54, 1.807) is 0 Å². The molecule has 1 spiro atoms. The topological polar surface area (TPSA) is 25.8 Å². The van der Waals surface area contributed by atoms with E-state index in [1.807, 2.05) is 11.3 Å². The van der Waals surface area contributed by atoms with Crippen molar-refractivity contribution < 1.29 is 0 Å². The van der Waals surface area contributed by atoms with Gasteiger partial charge in [-0.1, -0.05) is 200 Å². The van der Waals surface area contributed by atoms with E-state index in [1.165, 1.54) is 81.4 Å². The molecule has 2 aromatic heterocycles. The van der Waals surface area contributed by atoms with Crippen molar-refractivity contribution in [1.29, 1.82) is 0 Å². The quantitative estimate of drug-likeness (QED) is 0.166. The van der Waals surface area contributed by atoms with Crippen LogP contribution >= 0.6 is 11.3 Å². The summed E-state index contributed by atoms with van der Waals surface area (Å²) in [5, 5.41) is 2.57. The van der Waals surface area contributed by atoms with E-state index in [-0.39, 0.29) is 0 Å². The number of hydrogen-bond acceptors (Lipinski definition) is 3. The molecule has 316 valence electrons. The third-order valence-corrected chi connectivity index (χ3v) is 15.5. The van der Waals surface area contributed by atoms with Crippen LogP contribution in [0, 0.1) is 0 Å². The summed E-state index contributed by atoms with van der Waals surface area (Å²) in [7, 11) is 0. The molecule has 3 heteroatoms. The molecular weight excluding hydrogens is 841 g/mol. The van der Waals surface area contributed by atoms with Crippen LogP contribution in [0.2, 0.25) is 0 Å². The van der Waals surface area contributed by atoms with E-state index in [9.17, 15) is 0 Å². The molecule has 12 aromatic rings. The molecule has 0 aliphatic heterocycles. The summed E-state index contributed by atoms with van der Waals surface area (Å²) in [6.07, 6.45) is 0. The van der Waals surface area contributed by atoms with Gasteiger partial charge < -0.3 is 0 Å². The highest BCUT2D eigenvalue weighted by Gasteiger charge is 2.52. The van der Waals surface area contributed by atoms with Crippen LogP contribution in [-0.2, 0) is 5.41 Å². The van der Waals surface area contributed by atoms with Crippen molar-refractivity contribution in [1.82, 2.24) is 9.97 Å². The van der Waals surface area contributed by atoms with Crippen LogP contribution in [0.3, 0.4) is 0 Å². The van der Waals surface area contributed by atoms with Gasteiger partial charge in [-0.05, 0) is 120 Å².